The lowest BCUT2D eigenvalue weighted by Crippen LogP contribution is -2.42. The van der Waals surface area contributed by atoms with Crippen LogP contribution in [0.25, 0.3) is 0 Å². The number of aromatic nitrogens is 1. The van der Waals surface area contributed by atoms with Gasteiger partial charge in [0.15, 0.2) is 0 Å². The number of hydrogen-bond donors (Lipinski definition) is 0. The molecule has 0 N–H and O–H groups in total. The predicted molar refractivity (Wildman–Crippen MR) is 66.5 cm³/mol. The van der Waals surface area contributed by atoms with Crippen LogP contribution in [0.5, 0.6) is 0 Å². The van der Waals surface area contributed by atoms with Crippen molar-refractivity contribution in [2.75, 3.05) is 6.54 Å². The van der Waals surface area contributed by atoms with Crippen molar-refractivity contribution >= 4 is 21.6 Å². The normalized spacial score (nSPS) is 20.6. The summed E-state index contributed by atoms with van der Waals surface area (Å²) in [4.78, 5) is 3.93. The van der Waals surface area contributed by atoms with Crippen molar-refractivity contribution in [2.45, 2.75) is 37.1 Å². The van der Waals surface area contributed by atoms with E-state index in [1.54, 1.807) is 0 Å². The summed E-state index contributed by atoms with van der Waals surface area (Å²) < 4.78 is 26.5. The largest absolute Gasteiger partial charge is 0.263 e. The first-order valence-corrected chi connectivity index (χ1v) is 7.30. The fraction of sp³-hybridized carbons (Fsp3) is 0.545. The molecular formula is C11H15ClN2O2S. The summed E-state index contributed by atoms with van der Waals surface area (Å²) in [5, 5.41) is 0.225. The zero-order valence-electron chi connectivity index (χ0n) is 9.85. The van der Waals surface area contributed by atoms with E-state index >= 15 is 0 Å². The van der Waals surface area contributed by atoms with Gasteiger partial charge in [-0.3, -0.25) is 4.98 Å². The summed E-state index contributed by atoms with van der Waals surface area (Å²) >= 11 is 5.93. The molecule has 4 nitrogen and oxygen atoms in total. The second-order valence-corrected chi connectivity index (χ2v) is 7.04. The van der Waals surface area contributed by atoms with Gasteiger partial charge in [-0.2, -0.15) is 4.31 Å². The van der Waals surface area contributed by atoms with Crippen LogP contribution in [0.1, 0.15) is 26.7 Å². The molecule has 17 heavy (non-hydrogen) atoms. The summed E-state index contributed by atoms with van der Waals surface area (Å²) in [7, 11) is -3.54. The summed E-state index contributed by atoms with van der Waals surface area (Å²) in [6, 6.07) is 1.50. The minimum atomic E-state index is -3.54. The van der Waals surface area contributed by atoms with Crippen LogP contribution in [0.3, 0.4) is 0 Å². The predicted octanol–water partition coefficient (Wildman–Crippen LogP) is 2.30. The minimum absolute atomic E-state index is 0.0941. The first-order valence-electron chi connectivity index (χ1n) is 5.48. The zero-order chi connectivity index (χ0) is 12.7. The molecule has 1 aromatic heterocycles. The maximum absolute atomic E-state index is 12.5. The maximum atomic E-state index is 12.5. The van der Waals surface area contributed by atoms with Gasteiger partial charge in [-0.25, -0.2) is 8.42 Å². The highest BCUT2D eigenvalue weighted by Crippen LogP contribution is 2.35. The van der Waals surface area contributed by atoms with E-state index in [1.165, 1.54) is 22.8 Å². The van der Waals surface area contributed by atoms with Crippen molar-refractivity contribution in [3.63, 3.8) is 0 Å². The van der Waals surface area contributed by atoms with Crippen LogP contribution < -0.4 is 0 Å². The van der Waals surface area contributed by atoms with E-state index in [0.29, 0.717) is 6.54 Å². The number of pyridine rings is 1. The number of halogens is 1. The summed E-state index contributed by atoms with van der Waals surface area (Å²) in [6.07, 6.45) is 4.54. The van der Waals surface area contributed by atoms with Crippen molar-refractivity contribution in [1.29, 1.82) is 0 Å². The molecule has 0 spiro atoms. The van der Waals surface area contributed by atoms with Crippen molar-refractivity contribution < 1.29 is 8.42 Å². The SMILES string of the molecule is CC1(C)CCCN1S(=O)(=O)c1cnccc1Cl. The average molecular weight is 275 g/mol. The fourth-order valence-electron chi connectivity index (χ4n) is 2.20. The highest BCUT2D eigenvalue weighted by atomic mass is 35.5. The smallest absolute Gasteiger partial charge is 0.246 e. The Kier molecular flexibility index (Phi) is 3.18. The van der Waals surface area contributed by atoms with E-state index in [1.807, 2.05) is 13.8 Å². The van der Waals surface area contributed by atoms with Crippen LogP contribution in [0.4, 0.5) is 0 Å². The van der Waals surface area contributed by atoms with Crippen LogP contribution in [0.15, 0.2) is 23.4 Å². The maximum Gasteiger partial charge on any atom is 0.246 e. The van der Waals surface area contributed by atoms with Gasteiger partial charge in [-0.15, -0.1) is 0 Å². The molecule has 0 aromatic carbocycles. The second kappa shape index (κ2) is 4.23. The Morgan fingerprint density at radius 3 is 2.71 bits per heavy atom. The Balaban J connectivity index is 2.48. The van der Waals surface area contributed by atoms with E-state index in [2.05, 4.69) is 4.98 Å². The third-order valence-electron chi connectivity index (χ3n) is 3.13. The van der Waals surface area contributed by atoms with Gasteiger partial charge in [0, 0.05) is 24.5 Å². The molecule has 1 aliphatic heterocycles. The highest BCUT2D eigenvalue weighted by molar-refractivity contribution is 7.89. The van der Waals surface area contributed by atoms with E-state index < -0.39 is 10.0 Å². The molecule has 1 saturated heterocycles. The topological polar surface area (TPSA) is 50.3 Å². The number of nitrogens with zero attached hydrogens (tertiary/aromatic N) is 2. The Labute approximate surface area is 107 Å². The van der Waals surface area contributed by atoms with Crippen LogP contribution in [-0.2, 0) is 10.0 Å². The van der Waals surface area contributed by atoms with Crippen molar-refractivity contribution in [1.82, 2.24) is 9.29 Å². The molecule has 1 aromatic rings. The summed E-state index contributed by atoms with van der Waals surface area (Å²) in [5.74, 6) is 0. The Hall–Kier alpha value is -0.650. The first kappa shape index (κ1) is 12.8. The van der Waals surface area contributed by atoms with Gasteiger partial charge < -0.3 is 0 Å². The molecule has 0 aliphatic carbocycles. The molecule has 6 heteroatoms. The molecule has 0 radical (unpaired) electrons. The molecular weight excluding hydrogens is 260 g/mol. The average Bonchev–Trinajstić information content (AvgIpc) is 2.59. The van der Waals surface area contributed by atoms with Crippen LogP contribution in [-0.4, -0.2) is 29.8 Å². The summed E-state index contributed by atoms with van der Waals surface area (Å²) in [6.45, 7) is 4.41. The first-order chi connectivity index (χ1) is 7.86. The third-order valence-corrected chi connectivity index (χ3v) is 5.71. The van der Waals surface area contributed by atoms with Crippen molar-refractivity contribution in [2.24, 2.45) is 0 Å². The van der Waals surface area contributed by atoms with Gasteiger partial charge in [0.1, 0.15) is 4.90 Å². The van der Waals surface area contributed by atoms with E-state index in [9.17, 15) is 8.42 Å². The van der Waals surface area contributed by atoms with Gasteiger partial charge >= 0.3 is 0 Å². The quantitative estimate of drug-likeness (QED) is 0.831. The third kappa shape index (κ3) is 2.19. The van der Waals surface area contributed by atoms with Gasteiger partial charge in [-0.05, 0) is 32.8 Å². The fourth-order valence-corrected chi connectivity index (χ4v) is 4.45. The number of hydrogen-bond acceptors (Lipinski definition) is 3. The molecule has 2 heterocycles. The molecule has 1 aliphatic rings. The summed E-state index contributed by atoms with van der Waals surface area (Å²) in [5.41, 5.74) is -0.349. The monoisotopic (exact) mass is 274 g/mol. The van der Waals surface area contributed by atoms with Crippen molar-refractivity contribution in [3.8, 4) is 0 Å². The zero-order valence-corrected chi connectivity index (χ0v) is 11.4. The number of rotatable bonds is 2. The van der Waals surface area contributed by atoms with Gasteiger partial charge in [0.2, 0.25) is 10.0 Å². The van der Waals surface area contributed by atoms with Crippen LogP contribution in [0.2, 0.25) is 5.02 Å². The van der Waals surface area contributed by atoms with Crippen molar-refractivity contribution in [3.05, 3.63) is 23.5 Å². The molecule has 0 atom stereocenters. The Bertz CT molecular complexity index is 528. The molecule has 1 fully saturated rings. The molecule has 2 rings (SSSR count). The van der Waals surface area contributed by atoms with E-state index in [4.69, 9.17) is 11.6 Å². The Morgan fingerprint density at radius 2 is 2.18 bits per heavy atom. The van der Waals surface area contributed by atoms with Gasteiger partial charge in [0.25, 0.3) is 0 Å². The lowest BCUT2D eigenvalue weighted by atomic mass is 10.0. The second-order valence-electron chi connectivity index (χ2n) is 4.80. The van der Waals surface area contributed by atoms with Gasteiger partial charge in [0.05, 0.1) is 5.02 Å². The van der Waals surface area contributed by atoms with E-state index in [0.717, 1.165) is 12.8 Å². The van der Waals surface area contributed by atoms with Gasteiger partial charge in [-0.1, -0.05) is 11.6 Å². The Morgan fingerprint density at radius 1 is 1.47 bits per heavy atom. The lowest BCUT2D eigenvalue weighted by Gasteiger charge is -2.30. The van der Waals surface area contributed by atoms with Crippen LogP contribution in [0, 0.1) is 0 Å². The van der Waals surface area contributed by atoms with Crippen LogP contribution >= 0.6 is 11.6 Å². The minimum Gasteiger partial charge on any atom is -0.263 e. The molecule has 94 valence electrons. The lowest BCUT2D eigenvalue weighted by molar-refractivity contribution is 0.291. The highest BCUT2D eigenvalue weighted by Gasteiger charge is 2.41. The standard InChI is InChI=1S/C11H15ClN2O2S/c1-11(2)5-3-7-14(11)17(15,16)10-8-13-6-4-9(10)12/h4,6,8H,3,5,7H2,1-2H3. The molecule has 0 saturated carbocycles. The molecule has 0 unspecified atom stereocenters. The molecule has 0 amide bonds. The number of sulfonamides is 1. The molecule has 0 bridgehead atoms. The van der Waals surface area contributed by atoms with E-state index in [-0.39, 0.29) is 15.5 Å².